The number of carbonyl (C=O) groups excluding carboxylic acids is 1. The number of rotatable bonds is 10. The molecule has 0 atom stereocenters. The van der Waals surface area contributed by atoms with Crippen LogP contribution in [0.5, 0.6) is 17.2 Å². The summed E-state index contributed by atoms with van der Waals surface area (Å²) in [6.07, 6.45) is 2.24. The molecule has 10 nitrogen and oxygen atoms in total. The maximum Gasteiger partial charge on any atom is 0.268 e. The highest BCUT2D eigenvalue weighted by Gasteiger charge is 2.18. The van der Waals surface area contributed by atoms with Crippen LogP contribution < -0.4 is 19.5 Å². The molecule has 0 bridgehead atoms. The summed E-state index contributed by atoms with van der Waals surface area (Å²) in [7, 11) is -2.19. The predicted octanol–water partition coefficient (Wildman–Crippen LogP) is 3.61. The van der Waals surface area contributed by atoms with Crippen LogP contribution in [0.15, 0.2) is 53.2 Å². The summed E-state index contributed by atoms with van der Waals surface area (Å²) in [6, 6.07) is 14.1. The van der Waals surface area contributed by atoms with Gasteiger partial charge in [0.05, 0.1) is 12.1 Å². The minimum absolute atomic E-state index is 0.0614. The molecule has 0 unspecified atom stereocenters. The standard InChI is InChI=1S/C22H19ClN4O6S2/c1-31-18-12-14(11-17(23)19(18)33-9-8-32-16-6-4-3-5-7-16)10-15(13-24)20(28)25-21-26-22(27-34-21)35(2,29)30/h3-7,10-12H,8-9H2,1-2H3,(H,25,26,27,28). The third-order valence-electron chi connectivity index (χ3n) is 4.23. The van der Waals surface area contributed by atoms with Crippen molar-refractivity contribution >= 4 is 50.1 Å². The molecule has 0 fully saturated rings. The van der Waals surface area contributed by atoms with Gasteiger partial charge in [-0.05, 0) is 35.9 Å². The molecule has 0 spiro atoms. The van der Waals surface area contributed by atoms with Crippen LogP contribution in [-0.4, -0.2) is 50.3 Å². The number of methoxy groups -OCH3 is 1. The maximum atomic E-state index is 12.5. The van der Waals surface area contributed by atoms with Crippen LogP contribution >= 0.6 is 23.1 Å². The molecule has 1 heterocycles. The lowest BCUT2D eigenvalue weighted by Crippen LogP contribution is -2.13. The van der Waals surface area contributed by atoms with Gasteiger partial charge < -0.3 is 14.2 Å². The zero-order chi connectivity index (χ0) is 25.4. The van der Waals surface area contributed by atoms with E-state index in [9.17, 15) is 18.5 Å². The Hall–Kier alpha value is -3.66. The number of carbonyl (C=O) groups is 1. The van der Waals surface area contributed by atoms with E-state index >= 15 is 0 Å². The highest BCUT2D eigenvalue weighted by atomic mass is 35.5. The summed E-state index contributed by atoms with van der Waals surface area (Å²) >= 11 is 7.04. The van der Waals surface area contributed by atoms with E-state index in [0.29, 0.717) is 28.6 Å². The van der Waals surface area contributed by atoms with Gasteiger partial charge in [0.15, 0.2) is 11.5 Å². The minimum Gasteiger partial charge on any atom is -0.493 e. The quantitative estimate of drug-likeness (QED) is 0.234. The molecular weight excluding hydrogens is 516 g/mol. The van der Waals surface area contributed by atoms with E-state index in [1.165, 1.54) is 19.3 Å². The number of nitriles is 1. The molecule has 1 aromatic heterocycles. The molecule has 0 aliphatic rings. The molecule has 35 heavy (non-hydrogen) atoms. The van der Waals surface area contributed by atoms with E-state index in [-0.39, 0.29) is 34.7 Å². The first-order valence-corrected chi connectivity index (χ1v) is 12.9. The summed E-state index contributed by atoms with van der Waals surface area (Å²) in [5, 5.41) is 11.5. The van der Waals surface area contributed by atoms with Crippen LogP contribution in [0.3, 0.4) is 0 Å². The first kappa shape index (κ1) is 26.0. The Morgan fingerprint density at radius 2 is 1.94 bits per heavy atom. The van der Waals surface area contributed by atoms with Crippen LogP contribution in [0.25, 0.3) is 6.08 Å². The van der Waals surface area contributed by atoms with E-state index in [4.69, 9.17) is 25.8 Å². The van der Waals surface area contributed by atoms with Crippen molar-refractivity contribution in [2.24, 2.45) is 0 Å². The zero-order valence-corrected chi connectivity index (χ0v) is 20.9. The first-order valence-electron chi connectivity index (χ1n) is 9.86. The summed E-state index contributed by atoms with van der Waals surface area (Å²) in [6.45, 7) is 0.472. The molecule has 1 N–H and O–H groups in total. The Labute approximate surface area is 210 Å². The largest absolute Gasteiger partial charge is 0.493 e. The number of ether oxygens (including phenoxy) is 3. The number of halogens is 1. The highest BCUT2D eigenvalue weighted by Crippen LogP contribution is 2.37. The van der Waals surface area contributed by atoms with E-state index in [0.717, 1.165) is 6.26 Å². The average Bonchev–Trinajstić information content (AvgIpc) is 3.30. The Balaban J connectivity index is 1.71. The van der Waals surface area contributed by atoms with Gasteiger partial charge in [-0.1, -0.05) is 29.8 Å². The SMILES string of the molecule is COc1cc(C=C(C#N)C(=O)Nc2nc(S(C)(=O)=O)ns2)cc(Cl)c1OCCOc1ccccc1. The number of anilines is 1. The lowest BCUT2D eigenvalue weighted by molar-refractivity contribution is -0.112. The number of hydrogen-bond acceptors (Lipinski definition) is 10. The summed E-state index contributed by atoms with van der Waals surface area (Å²) < 4.78 is 43.3. The smallest absolute Gasteiger partial charge is 0.268 e. The highest BCUT2D eigenvalue weighted by molar-refractivity contribution is 7.90. The van der Waals surface area contributed by atoms with Gasteiger partial charge in [0.2, 0.25) is 15.0 Å². The third kappa shape index (κ3) is 7.16. The first-order chi connectivity index (χ1) is 16.7. The molecule has 2 aromatic carbocycles. The van der Waals surface area contributed by atoms with Crippen LogP contribution in [0, 0.1) is 11.3 Å². The fourth-order valence-electron chi connectivity index (χ4n) is 2.67. The number of hydrogen-bond donors (Lipinski definition) is 1. The number of sulfone groups is 1. The zero-order valence-electron chi connectivity index (χ0n) is 18.5. The summed E-state index contributed by atoms with van der Waals surface area (Å²) in [4.78, 5) is 16.2. The maximum absolute atomic E-state index is 12.5. The van der Waals surface area contributed by atoms with Crippen LogP contribution in [0.2, 0.25) is 5.02 Å². The van der Waals surface area contributed by atoms with Gasteiger partial charge in [0.1, 0.15) is 30.6 Å². The van der Waals surface area contributed by atoms with Crippen molar-refractivity contribution in [3.8, 4) is 23.3 Å². The van der Waals surface area contributed by atoms with Crippen LogP contribution in [0.4, 0.5) is 5.13 Å². The van der Waals surface area contributed by atoms with Crippen molar-refractivity contribution in [1.82, 2.24) is 9.36 Å². The number of benzene rings is 2. The minimum atomic E-state index is -3.62. The fraction of sp³-hybridized carbons (Fsp3) is 0.182. The Bertz CT molecular complexity index is 1380. The van der Waals surface area contributed by atoms with Gasteiger partial charge in [0, 0.05) is 17.8 Å². The number of nitrogens with zero attached hydrogens (tertiary/aromatic N) is 3. The van der Waals surface area contributed by atoms with Crippen molar-refractivity contribution in [3.63, 3.8) is 0 Å². The third-order valence-corrected chi connectivity index (χ3v) is 6.10. The number of nitrogens with one attached hydrogen (secondary N) is 1. The molecule has 0 saturated carbocycles. The number of para-hydroxylation sites is 1. The molecular formula is C22H19ClN4O6S2. The Kier molecular flexibility index (Phi) is 8.64. The monoisotopic (exact) mass is 534 g/mol. The van der Waals surface area contributed by atoms with Crippen LogP contribution in [0.1, 0.15) is 5.56 Å². The second kappa shape index (κ2) is 11.7. The topological polar surface area (TPSA) is 140 Å². The summed E-state index contributed by atoms with van der Waals surface area (Å²) in [5.74, 6) is 0.492. The average molecular weight is 535 g/mol. The summed E-state index contributed by atoms with van der Waals surface area (Å²) in [5.41, 5.74) is 0.129. The molecule has 13 heteroatoms. The van der Waals surface area contributed by atoms with Gasteiger partial charge in [-0.15, -0.1) is 0 Å². The van der Waals surface area contributed by atoms with E-state index in [2.05, 4.69) is 14.7 Å². The molecule has 0 saturated heterocycles. The van der Waals surface area contributed by atoms with Gasteiger partial charge in [0.25, 0.3) is 11.1 Å². The molecule has 3 aromatic rings. The van der Waals surface area contributed by atoms with E-state index in [1.807, 2.05) is 30.3 Å². The predicted molar refractivity (Wildman–Crippen MR) is 131 cm³/mol. The van der Waals surface area contributed by atoms with Crippen molar-refractivity contribution in [2.75, 3.05) is 31.9 Å². The normalized spacial score (nSPS) is 11.4. The Morgan fingerprint density at radius 3 is 2.57 bits per heavy atom. The van der Waals surface area contributed by atoms with Crippen molar-refractivity contribution in [3.05, 3.63) is 58.6 Å². The number of amides is 1. The van der Waals surface area contributed by atoms with Crippen molar-refractivity contribution in [1.29, 1.82) is 5.26 Å². The fourth-order valence-corrected chi connectivity index (χ4v) is 4.39. The van der Waals surface area contributed by atoms with E-state index < -0.39 is 20.9 Å². The lowest BCUT2D eigenvalue weighted by atomic mass is 10.1. The molecule has 0 aliphatic carbocycles. The molecule has 1 amide bonds. The van der Waals surface area contributed by atoms with Crippen molar-refractivity contribution < 1.29 is 27.4 Å². The molecule has 0 radical (unpaired) electrons. The van der Waals surface area contributed by atoms with Crippen LogP contribution in [-0.2, 0) is 14.6 Å². The van der Waals surface area contributed by atoms with Crippen molar-refractivity contribution in [2.45, 2.75) is 5.16 Å². The Morgan fingerprint density at radius 1 is 1.23 bits per heavy atom. The lowest BCUT2D eigenvalue weighted by Gasteiger charge is -2.14. The molecule has 3 rings (SSSR count). The van der Waals surface area contributed by atoms with E-state index in [1.54, 1.807) is 12.1 Å². The number of aromatic nitrogens is 2. The second-order valence-electron chi connectivity index (χ2n) is 6.82. The molecule has 0 aliphatic heterocycles. The van der Waals surface area contributed by atoms with Gasteiger partial charge in [-0.3, -0.25) is 10.1 Å². The second-order valence-corrected chi connectivity index (χ2v) is 9.89. The molecule has 182 valence electrons. The van der Waals surface area contributed by atoms with Gasteiger partial charge in [-0.2, -0.15) is 14.6 Å². The van der Waals surface area contributed by atoms with Gasteiger partial charge >= 0.3 is 0 Å². The van der Waals surface area contributed by atoms with Gasteiger partial charge in [-0.25, -0.2) is 8.42 Å².